The molecular formula is C9H13F2NO3. The Kier molecular flexibility index (Phi) is 3.60. The number of methoxy groups -OCH3 is 1. The summed E-state index contributed by atoms with van der Waals surface area (Å²) in [5, 5.41) is 0. The van der Waals surface area contributed by atoms with E-state index in [1.54, 1.807) is 0 Å². The van der Waals surface area contributed by atoms with Crippen LogP contribution in [-0.4, -0.2) is 42.9 Å². The lowest BCUT2D eigenvalue weighted by Crippen LogP contribution is -2.43. The van der Waals surface area contributed by atoms with E-state index in [1.807, 2.05) is 0 Å². The van der Waals surface area contributed by atoms with Crippen molar-refractivity contribution in [3.63, 3.8) is 0 Å². The number of carbonyl (C=O) groups is 2. The van der Waals surface area contributed by atoms with Crippen molar-refractivity contribution in [2.75, 3.05) is 20.2 Å². The molecule has 1 aliphatic heterocycles. The van der Waals surface area contributed by atoms with E-state index in [0.717, 1.165) is 0 Å². The van der Waals surface area contributed by atoms with Crippen molar-refractivity contribution >= 4 is 11.9 Å². The van der Waals surface area contributed by atoms with Crippen LogP contribution in [0.4, 0.5) is 8.78 Å². The Morgan fingerprint density at radius 1 is 1.33 bits per heavy atom. The Morgan fingerprint density at radius 3 is 2.33 bits per heavy atom. The summed E-state index contributed by atoms with van der Waals surface area (Å²) in [7, 11) is 1.18. The zero-order valence-electron chi connectivity index (χ0n) is 8.46. The third-order valence-corrected chi connectivity index (χ3v) is 2.37. The highest BCUT2D eigenvalue weighted by Crippen LogP contribution is 2.27. The van der Waals surface area contributed by atoms with Gasteiger partial charge in [0.05, 0.1) is 7.11 Å². The number of halogens is 2. The van der Waals surface area contributed by atoms with E-state index in [9.17, 15) is 18.4 Å². The van der Waals surface area contributed by atoms with Gasteiger partial charge in [0.2, 0.25) is 5.91 Å². The maximum atomic E-state index is 12.7. The van der Waals surface area contributed by atoms with E-state index >= 15 is 0 Å². The molecule has 1 rings (SSSR count). The molecule has 0 N–H and O–H groups in total. The summed E-state index contributed by atoms with van der Waals surface area (Å²) in [5.41, 5.74) is 0. The fourth-order valence-corrected chi connectivity index (χ4v) is 1.39. The number of rotatable bonds is 2. The summed E-state index contributed by atoms with van der Waals surface area (Å²) in [4.78, 5) is 23.4. The molecule has 1 saturated heterocycles. The molecule has 0 aromatic rings. The number of ether oxygens (including phenoxy) is 1. The summed E-state index contributed by atoms with van der Waals surface area (Å²) < 4.78 is 29.8. The van der Waals surface area contributed by atoms with Crippen molar-refractivity contribution < 1.29 is 23.1 Å². The minimum Gasteiger partial charge on any atom is -0.469 e. The minimum atomic E-state index is -2.68. The summed E-state index contributed by atoms with van der Waals surface area (Å²) >= 11 is 0. The summed E-state index contributed by atoms with van der Waals surface area (Å²) in [6, 6.07) is 0. The molecule has 0 aromatic carbocycles. The molecule has 0 spiro atoms. The van der Waals surface area contributed by atoms with E-state index in [1.165, 1.54) is 12.0 Å². The van der Waals surface area contributed by atoms with Gasteiger partial charge >= 0.3 is 5.97 Å². The van der Waals surface area contributed by atoms with Crippen LogP contribution in [0.15, 0.2) is 0 Å². The van der Waals surface area contributed by atoms with Crippen molar-refractivity contribution in [2.45, 2.75) is 25.2 Å². The van der Waals surface area contributed by atoms with Crippen LogP contribution < -0.4 is 0 Å². The lowest BCUT2D eigenvalue weighted by molar-refractivity contribution is -0.148. The van der Waals surface area contributed by atoms with Gasteiger partial charge in [0.1, 0.15) is 6.42 Å². The number of piperidine rings is 1. The molecule has 0 aliphatic carbocycles. The molecule has 15 heavy (non-hydrogen) atoms. The predicted molar refractivity (Wildman–Crippen MR) is 47.4 cm³/mol. The molecule has 1 amide bonds. The molecule has 4 nitrogen and oxygen atoms in total. The normalized spacial score (nSPS) is 19.8. The molecule has 0 atom stereocenters. The Hall–Kier alpha value is -1.20. The summed E-state index contributed by atoms with van der Waals surface area (Å²) in [5.74, 6) is -3.77. The van der Waals surface area contributed by atoms with Gasteiger partial charge in [-0.25, -0.2) is 8.78 Å². The number of amides is 1. The fourth-order valence-electron chi connectivity index (χ4n) is 1.39. The highest BCUT2D eigenvalue weighted by Gasteiger charge is 2.35. The first-order chi connectivity index (χ1) is 6.94. The Labute approximate surface area is 86.2 Å². The second kappa shape index (κ2) is 4.55. The average Bonchev–Trinajstić information content (AvgIpc) is 2.17. The van der Waals surface area contributed by atoms with Crippen molar-refractivity contribution in [3.8, 4) is 0 Å². The number of alkyl halides is 2. The smallest absolute Gasteiger partial charge is 0.315 e. The molecule has 1 heterocycles. The number of esters is 1. The molecular weight excluding hydrogens is 208 g/mol. The van der Waals surface area contributed by atoms with Gasteiger partial charge in [-0.05, 0) is 0 Å². The number of hydrogen-bond acceptors (Lipinski definition) is 3. The highest BCUT2D eigenvalue weighted by atomic mass is 19.3. The Balaban J connectivity index is 2.40. The van der Waals surface area contributed by atoms with Crippen molar-refractivity contribution in [3.05, 3.63) is 0 Å². The molecule has 6 heteroatoms. The van der Waals surface area contributed by atoms with Crippen molar-refractivity contribution in [2.24, 2.45) is 0 Å². The molecule has 0 bridgehead atoms. The SMILES string of the molecule is COC(=O)CC(=O)N1CCC(F)(F)CC1. The first-order valence-corrected chi connectivity index (χ1v) is 4.67. The van der Waals surface area contributed by atoms with Gasteiger partial charge in [0.25, 0.3) is 5.92 Å². The number of likely N-dealkylation sites (tertiary alicyclic amines) is 1. The second-order valence-electron chi connectivity index (χ2n) is 3.49. The van der Waals surface area contributed by atoms with Crippen LogP contribution in [-0.2, 0) is 14.3 Å². The third kappa shape index (κ3) is 3.45. The predicted octanol–water partition coefficient (Wildman–Crippen LogP) is 0.807. The maximum absolute atomic E-state index is 12.7. The topological polar surface area (TPSA) is 46.6 Å². The quantitative estimate of drug-likeness (QED) is 0.512. The van der Waals surface area contributed by atoms with Gasteiger partial charge in [-0.2, -0.15) is 0 Å². The second-order valence-corrected chi connectivity index (χ2v) is 3.49. The maximum Gasteiger partial charge on any atom is 0.315 e. The van der Waals surface area contributed by atoms with E-state index in [-0.39, 0.29) is 32.4 Å². The van der Waals surface area contributed by atoms with E-state index < -0.39 is 17.8 Å². The van der Waals surface area contributed by atoms with Gasteiger partial charge < -0.3 is 9.64 Å². The van der Waals surface area contributed by atoms with Crippen LogP contribution in [0, 0.1) is 0 Å². The van der Waals surface area contributed by atoms with Crippen molar-refractivity contribution in [1.29, 1.82) is 0 Å². The molecule has 1 aliphatic rings. The largest absolute Gasteiger partial charge is 0.469 e. The lowest BCUT2D eigenvalue weighted by Gasteiger charge is -2.31. The van der Waals surface area contributed by atoms with E-state index in [4.69, 9.17) is 0 Å². The van der Waals surface area contributed by atoms with Crippen LogP contribution in [0.3, 0.4) is 0 Å². The number of carbonyl (C=O) groups excluding carboxylic acids is 2. The van der Waals surface area contributed by atoms with E-state index in [0.29, 0.717) is 0 Å². The van der Waals surface area contributed by atoms with Gasteiger partial charge in [0.15, 0.2) is 0 Å². The van der Waals surface area contributed by atoms with Crippen molar-refractivity contribution in [1.82, 2.24) is 4.90 Å². The Bertz CT molecular complexity index is 258. The van der Waals surface area contributed by atoms with Crippen LogP contribution in [0.1, 0.15) is 19.3 Å². The molecule has 0 saturated carbocycles. The van der Waals surface area contributed by atoms with Gasteiger partial charge in [-0.3, -0.25) is 9.59 Å². The number of hydrogen-bond donors (Lipinski definition) is 0. The molecule has 0 radical (unpaired) electrons. The minimum absolute atomic E-state index is 0.00281. The van der Waals surface area contributed by atoms with Crippen LogP contribution >= 0.6 is 0 Å². The van der Waals surface area contributed by atoms with Gasteiger partial charge in [0, 0.05) is 25.9 Å². The fraction of sp³-hybridized carbons (Fsp3) is 0.778. The monoisotopic (exact) mass is 221 g/mol. The lowest BCUT2D eigenvalue weighted by atomic mass is 10.1. The standard InChI is InChI=1S/C9H13F2NO3/c1-15-8(14)6-7(13)12-4-2-9(10,11)3-5-12/h2-6H2,1H3. The number of nitrogens with zero attached hydrogens (tertiary/aromatic N) is 1. The molecule has 1 fully saturated rings. The first kappa shape index (κ1) is 11.9. The molecule has 0 unspecified atom stereocenters. The first-order valence-electron chi connectivity index (χ1n) is 4.67. The molecule has 0 aromatic heterocycles. The zero-order chi connectivity index (χ0) is 11.5. The molecule has 86 valence electrons. The zero-order valence-corrected chi connectivity index (χ0v) is 8.46. The van der Waals surface area contributed by atoms with Crippen LogP contribution in [0.25, 0.3) is 0 Å². The highest BCUT2D eigenvalue weighted by molar-refractivity contribution is 5.94. The van der Waals surface area contributed by atoms with Crippen LogP contribution in [0.2, 0.25) is 0 Å². The average molecular weight is 221 g/mol. The van der Waals surface area contributed by atoms with Crippen LogP contribution in [0.5, 0.6) is 0 Å². The van der Waals surface area contributed by atoms with E-state index in [2.05, 4.69) is 4.74 Å². The van der Waals surface area contributed by atoms with Gasteiger partial charge in [-0.15, -0.1) is 0 Å². The summed E-state index contributed by atoms with van der Waals surface area (Å²) in [6.45, 7) is 0.00561. The third-order valence-electron chi connectivity index (χ3n) is 2.37. The van der Waals surface area contributed by atoms with Gasteiger partial charge in [-0.1, -0.05) is 0 Å². The Morgan fingerprint density at radius 2 is 1.87 bits per heavy atom. The summed E-state index contributed by atoms with van der Waals surface area (Å²) in [6.07, 6.45) is -1.04.